The minimum absolute atomic E-state index is 0.0966. The van der Waals surface area contributed by atoms with E-state index in [4.69, 9.17) is 0 Å². The third-order valence-corrected chi connectivity index (χ3v) is 13.0. The molecule has 2 unspecified atom stereocenters. The van der Waals surface area contributed by atoms with Crippen LogP contribution in [0.25, 0.3) is 39.0 Å². The number of para-hydroxylation sites is 1. The van der Waals surface area contributed by atoms with Crippen molar-refractivity contribution in [2.75, 3.05) is 9.80 Å². The molecule has 0 radical (unpaired) electrons. The number of fused-ring (bicyclic) bond motifs is 6. The summed E-state index contributed by atoms with van der Waals surface area (Å²) in [7, 11) is 2.07. The molecule has 2 heterocycles. The third kappa shape index (κ3) is 6.00. The topological polar surface area (TPSA) is 10.4 Å². The molecule has 288 valence electrons. The average Bonchev–Trinajstić information content (AvgIpc) is 3.75. The van der Waals surface area contributed by atoms with Gasteiger partial charge in [-0.15, -0.1) is 0 Å². The van der Waals surface area contributed by atoms with Crippen molar-refractivity contribution in [2.24, 2.45) is 7.05 Å². The number of benzene rings is 7. The van der Waals surface area contributed by atoms with E-state index in [1.54, 1.807) is 0 Å². The lowest BCUT2D eigenvalue weighted by atomic mass is 9.82. The van der Waals surface area contributed by atoms with Crippen molar-refractivity contribution in [3.05, 3.63) is 235 Å². The van der Waals surface area contributed by atoms with E-state index in [0.717, 1.165) is 17.1 Å². The molecule has 1 aromatic heterocycles. The molecule has 3 heteroatoms. The molecule has 8 aromatic rings. The quantitative estimate of drug-likeness (QED) is 0.149. The number of aromatic nitrogens is 1. The van der Waals surface area contributed by atoms with Gasteiger partial charge in [0.25, 0.3) is 0 Å². The normalized spacial score (nSPS) is 16.7. The van der Waals surface area contributed by atoms with Gasteiger partial charge in [0.05, 0.1) is 6.04 Å². The van der Waals surface area contributed by atoms with Crippen molar-refractivity contribution < 1.29 is 4.57 Å². The molecule has 2 aliphatic carbocycles. The Morgan fingerprint density at radius 2 is 1.10 bits per heavy atom. The number of anilines is 5. The van der Waals surface area contributed by atoms with Crippen LogP contribution in [-0.4, -0.2) is 6.04 Å². The van der Waals surface area contributed by atoms with Crippen LogP contribution >= 0.6 is 0 Å². The molecule has 0 spiro atoms. The van der Waals surface area contributed by atoms with E-state index in [9.17, 15) is 0 Å². The molecule has 0 fully saturated rings. The lowest BCUT2D eigenvalue weighted by Gasteiger charge is -2.29. The fourth-order valence-electron chi connectivity index (χ4n) is 9.87. The monoisotopic (exact) mass is 772 g/mol. The zero-order valence-corrected chi connectivity index (χ0v) is 34.2. The Hall–Kier alpha value is -7.23. The average molecular weight is 773 g/mol. The van der Waals surface area contributed by atoms with Crippen molar-refractivity contribution in [3.63, 3.8) is 0 Å². The Bertz CT molecular complexity index is 2940. The van der Waals surface area contributed by atoms with Crippen LogP contribution in [0.3, 0.4) is 0 Å². The standard InChI is InChI=1S/C57H46N3/c1-57(2)53-17-11-10-16-49(53)50-29-28-48(38-54(50)57)59(46-24-18-40(19-25-46)39-12-6-4-7-13-39)47-26-20-41(21-27-47)43-22-30-55-51(36-43)52-37-44(42-32-34-58(3)35-33-42)23-31-56(52)60(55)45-14-8-5-9-15-45/h4-38,52,56H,1-3H3/q+1. The molecular formula is C57H46N3+. The van der Waals surface area contributed by atoms with Gasteiger partial charge in [-0.05, 0) is 122 Å². The molecule has 1 aliphatic heterocycles. The summed E-state index contributed by atoms with van der Waals surface area (Å²) in [6.45, 7) is 4.71. The van der Waals surface area contributed by atoms with Gasteiger partial charge in [0, 0.05) is 51.9 Å². The lowest BCUT2D eigenvalue weighted by molar-refractivity contribution is -0.671. The first kappa shape index (κ1) is 35.9. The maximum Gasteiger partial charge on any atom is 0.169 e. The number of allylic oxidation sites excluding steroid dienone is 2. The van der Waals surface area contributed by atoms with Crippen molar-refractivity contribution in [3.8, 4) is 33.4 Å². The second-order valence-electron chi connectivity index (χ2n) is 16.9. The smallest absolute Gasteiger partial charge is 0.169 e. The number of hydrogen-bond acceptors (Lipinski definition) is 2. The van der Waals surface area contributed by atoms with Gasteiger partial charge in [-0.25, -0.2) is 4.57 Å². The molecule has 0 saturated heterocycles. The Kier molecular flexibility index (Phi) is 8.53. The molecule has 2 atom stereocenters. The van der Waals surface area contributed by atoms with Crippen LogP contribution in [-0.2, 0) is 12.5 Å². The van der Waals surface area contributed by atoms with Crippen molar-refractivity contribution in [1.82, 2.24) is 0 Å². The zero-order valence-electron chi connectivity index (χ0n) is 34.2. The van der Waals surface area contributed by atoms with Crippen LogP contribution < -0.4 is 14.4 Å². The van der Waals surface area contributed by atoms with Gasteiger partial charge >= 0.3 is 0 Å². The van der Waals surface area contributed by atoms with Gasteiger partial charge in [-0.2, -0.15) is 0 Å². The maximum absolute atomic E-state index is 2.51. The van der Waals surface area contributed by atoms with E-state index < -0.39 is 0 Å². The minimum atomic E-state index is -0.0966. The van der Waals surface area contributed by atoms with Gasteiger partial charge in [0.2, 0.25) is 0 Å². The van der Waals surface area contributed by atoms with Crippen molar-refractivity contribution >= 4 is 34.0 Å². The summed E-state index contributed by atoms with van der Waals surface area (Å²) in [6.07, 6.45) is 11.4. The maximum atomic E-state index is 2.51. The molecular weight excluding hydrogens is 727 g/mol. The molecule has 11 rings (SSSR count). The molecule has 0 amide bonds. The number of rotatable bonds is 7. The second-order valence-corrected chi connectivity index (χ2v) is 16.9. The molecule has 60 heavy (non-hydrogen) atoms. The largest absolute Gasteiger partial charge is 0.333 e. The summed E-state index contributed by atoms with van der Waals surface area (Å²) in [5, 5.41) is 0. The Morgan fingerprint density at radius 1 is 0.517 bits per heavy atom. The van der Waals surface area contributed by atoms with Gasteiger partial charge in [-0.3, -0.25) is 0 Å². The van der Waals surface area contributed by atoms with E-state index in [1.807, 2.05) is 0 Å². The van der Waals surface area contributed by atoms with E-state index in [0.29, 0.717) is 0 Å². The highest BCUT2D eigenvalue weighted by Crippen LogP contribution is 2.52. The minimum Gasteiger partial charge on any atom is -0.333 e. The first-order chi connectivity index (χ1) is 29.4. The van der Waals surface area contributed by atoms with Gasteiger partial charge in [0.15, 0.2) is 12.4 Å². The lowest BCUT2D eigenvalue weighted by Crippen LogP contribution is -2.29. The SMILES string of the molecule is C[n+]1ccc(C2=CC3c4cc(-c5ccc(N(c6ccc(-c7ccccc7)cc6)c6ccc7c(c6)C(C)(C)c6ccccc6-7)cc5)ccc4N(c4ccccc4)C3C=C2)cc1. The van der Waals surface area contributed by atoms with E-state index in [2.05, 4.69) is 248 Å². The molecule has 3 aliphatic rings. The van der Waals surface area contributed by atoms with E-state index in [1.165, 1.54) is 72.6 Å². The summed E-state index contributed by atoms with van der Waals surface area (Å²) < 4.78 is 2.09. The van der Waals surface area contributed by atoms with Crippen LogP contribution in [0.1, 0.15) is 42.0 Å². The summed E-state index contributed by atoms with van der Waals surface area (Å²) in [5.74, 6) is 0.220. The second kappa shape index (κ2) is 14.2. The first-order valence-corrected chi connectivity index (χ1v) is 21.1. The Balaban J connectivity index is 0.981. The number of pyridine rings is 1. The third-order valence-electron chi connectivity index (χ3n) is 13.0. The predicted molar refractivity (Wildman–Crippen MR) is 249 cm³/mol. The van der Waals surface area contributed by atoms with Gasteiger partial charge < -0.3 is 9.80 Å². The first-order valence-electron chi connectivity index (χ1n) is 21.1. The van der Waals surface area contributed by atoms with Crippen LogP contribution in [0.15, 0.2) is 213 Å². The zero-order chi connectivity index (χ0) is 40.4. The molecule has 0 N–H and O–H groups in total. The fraction of sp³-hybridized carbons (Fsp3) is 0.105. The summed E-state index contributed by atoms with van der Waals surface area (Å²) >= 11 is 0. The van der Waals surface area contributed by atoms with Crippen molar-refractivity contribution in [2.45, 2.75) is 31.2 Å². The number of hydrogen-bond donors (Lipinski definition) is 0. The van der Waals surface area contributed by atoms with E-state index in [-0.39, 0.29) is 17.4 Å². The summed E-state index contributed by atoms with van der Waals surface area (Å²) in [4.78, 5) is 4.92. The summed E-state index contributed by atoms with van der Waals surface area (Å²) in [6, 6.07) is 67.2. The molecule has 0 bridgehead atoms. The highest BCUT2D eigenvalue weighted by atomic mass is 15.2. The highest BCUT2D eigenvalue weighted by molar-refractivity contribution is 5.88. The van der Waals surface area contributed by atoms with Crippen molar-refractivity contribution in [1.29, 1.82) is 0 Å². The van der Waals surface area contributed by atoms with Gasteiger partial charge in [0.1, 0.15) is 7.05 Å². The van der Waals surface area contributed by atoms with E-state index >= 15 is 0 Å². The molecule has 3 nitrogen and oxygen atoms in total. The molecule has 7 aromatic carbocycles. The Morgan fingerprint density at radius 3 is 1.82 bits per heavy atom. The molecule has 0 saturated carbocycles. The fourth-order valence-corrected chi connectivity index (χ4v) is 9.87. The number of nitrogens with zero attached hydrogens (tertiary/aromatic N) is 3. The highest BCUT2D eigenvalue weighted by Gasteiger charge is 2.39. The number of aryl methyl sites for hydroxylation is 1. The van der Waals surface area contributed by atoms with Crippen LogP contribution in [0.5, 0.6) is 0 Å². The predicted octanol–water partition coefficient (Wildman–Crippen LogP) is 13.9. The van der Waals surface area contributed by atoms with Crippen LogP contribution in [0.2, 0.25) is 0 Å². The van der Waals surface area contributed by atoms with Gasteiger partial charge in [-0.1, -0.05) is 141 Å². The van der Waals surface area contributed by atoms with Crippen LogP contribution in [0.4, 0.5) is 28.4 Å². The summed E-state index contributed by atoms with van der Waals surface area (Å²) in [5.41, 5.74) is 19.9. The van der Waals surface area contributed by atoms with Crippen LogP contribution in [0, 0.1) is 0 Å². The Labute approximate surface area is 353 Å².